The Morgan fingerprint density at radius 1 is 0.465 bits per heavy atom. The Balaban J connectivity index is 1.19. The Hall–Kier alpha value is -6.96. The first kappa shape index (κ1) is 58.1. The van der Waals surface area contributed by atoms with Gasteiger partial charge in [0.25, 0.3) is 6.71 Å². The van der Waals surface area contributed by atoms with Gasteiger partial charge in [0.2, 0.25) is 0 Å². The van der Waals surface area contributed by atoms with E-state index in [1.807, 2.05) is 6.08 Å². The molecule has 440 valence electrons. The highest BCUT2D eigenvalue weighted by atomic mass is 15.3. The van der Waals surface area contributed by atoms with E-state index in [1.54, 1.807) is 0 Å². The fourth-order valence-corrected chi connectivity index (χ4v) is 16.3. The standard InChI is InChI=1S/C82H94BN3/c1-52-41-44-80(17,18)64-51-67-71(50-62(52)64)85(68-38-33-57(77(8,9)10)45-63(68)53-25-21-20-22-26-53)73-49-61(48-72-74(73)83(67)66-47-59(79(14,15)16)35-40-70(66)84(72)60-36-31-55(32-37-60)76(5,6)7)86-69-39-34-58(78(11,12)13)46-65(69)82(43-24-23-42-81(82,86)19)56-29-27-54(28-30-56)75(2,3)4/h21,25-40,45-52H,23-24,41-44H2,1-19H3. The van der Waals surface area contributed by atoms with Gasteiger partial charge in [0.05, 0.1) is 11.2 Å². The van der Waals surface area contributed by atoms with E-state index in [2.05, 4.69) is 297 Å². The van der Waals surface area contributed by atoms with Crippen LogP contribution < -0.4 is 31.1 Å². The summed E-state index contributed by atoms with van der Waals surface area (Å²) in [6.45, 7) is 45.5. The maximum Gasteiger partial charge on any atom is 0.252 e. The van der Waals surface area contributed by atoms with Crippen molar-refractivity contribution >= 4 is 74.2 Å². The molecular weight excluding hydrogens is 1040 g/mol. The lowest BCUT2D eigenvalue weighted by Crippen LogP contribution is -2.62. The first-order valence-electron chi connectivity index (χ1n) is 32.6. The van der Waals surface area contributed by atoms with Crippen LogP contribution in [0, 0.1) is 0 Å². The largest absolute Gasteiger partial charge is 0.334 e. The molecule has 3 aliphatic carbocycles. The highest BCUT2D eigenvalue weighted by molar-refractivity contribution is 7.00. The maximum absolute atomic E-state index is 3.41. The molecule has 1 saturated carbocycles. The molecule has 6 aliphatic rings. The SMILES string of the molecule is CC1CCC(C)(C)c2cc3c(cc21)N(c1ccc(C(C)(C)C)cc1C1=CC=C=C=C1)c1cc(N2c4ccc(C(C)(C)C)cc4C4(c5ccc(C(C)(C)C)cc5)CCCCC24C)cc2c1B3c1cc(C(C)(C)C)ccc1N2c1ccc(C(C)(C)C)cc1. The second kappa shape index (κ2) is 19.5. The third-order valence-electron chi connectivity index (χ3n) is 21.6. The third kappa shape index (κ3) is 9.04. The zero-order valence-electron chi connectivity index (χ0n) is 55.6. The lowest BCUT2D eigenvalue weighted by molar-refractivity contribution is 0.215. The van der Waals surface area contributed by atoms with Gasteiger partial charge in [0.1, 0.15) is 0 Å². The molecule has 3 aliphatic heterocycles. The number of benzene rings is 7. The van der Waals surface area contributed by atoms with Crippen LogP contribution in [0.4, 0.5) is 45.5 Å². The topological polar surface area (TPSA) is 9.72 Å². The van der Waals surface area contributed by atoms with Gasteiger partial charge in [-0.25, -0.2) is 0 Å². The van der Waals surface area contributed by atoms with E-state index in [1.165, 1.54) is 137 Å². The number of anilines is 8. The van der Waals surface area contributed by atoms with Crippen molar-refractivity contribution in [2.75, 3.05) is 14.7 Å². The molecule has 13 rings (SSSR count). The highest BCUT2D eigenvalue weighted by Gasteiger charge is 2.62. The number of allylic oxidation sites excluding steroid dienone is 4. The fourth-order valence-electron chi connectivity index (χ4n) is 16.3. The molecule has 0 aromatic heterocycles. The van der Waals surface area contributed by atoms with Crippen LogP contribution in [0.1, 0.15) is 232 Å². The molecule has 7 aromatic carbocycles. The fraction of sp³-hybridized carbons (Fsp3) is 0.415. The normalized spacial score (nSPS) is 21.2. The van der Waals surface area contributed by atoms with Gasteiger partial charge in [-0.15, -0.1) is 0 Å². The summed E-state index contributed by atoms with van der Waals surface area (Å²) < 4.78 is 0. The molecule has 0 spiro atoms. The summed E-state index contributed by atoms with van der Waals surface area (Å²) in [5.41, 5.74) is 35.0. The summed E-state index contributed by atoms with van der Waals surface area (Å²) in [6.07, 6.45) is 13.3. The number of hydrogen-bond donors (Lipinski definition) is 0. The molecule has 0 N–H and O–H groups in total. The minimum atomic E-state index is -0.325. The van der Waals surface area contributed by atoms with Gasteiger partial charge >= 0.3 is 0 Å². The van der Waals surface area contributed by atoms with Gasteiger partial charge in [-0.2, -0.15) is 0 Å². The van der Waals surface area contributed by atoms with Gasteiger partial charge in [0.15, 0.2) is 0 Å². The Labute approximate surface area is 518 Å². The van der Waals surface area contributed by atoms with E-state index in [-0.39, 0.29) is 50.2 Å². The molecular formula is C82H94BN3. The number of hydrogen-bond acceptors (Lipinski definition) is 3. The van der Waals surface area contributed by atoms with Crippen LogP contribution in [0.3, 0.4) is 0 Å². The lowest BCUT2D eigenvalue weighted by atomic mass is 9.33. The quantitative estimate of drug-likeness (QED) is 0.126. The maximum atomic E-state index is 3.41. The molecule has 86 heavy (non-hydrogen) atoms. The molecule has 3 unspecified atom stereocenters. The van der Waals surface area contributed by atoms with Crippen LogP contribution in [0.25, 0.3) is 5.57 Å². The van der Waals surface area contributed by atoms with Gasteiger partial charge < -0.3 is 14.7 Å². The smallest absolute Gasteiger partial charge is 0.252 e. The lowest BCUT2D eigenvalue weighted by Gasteiger charge is -2.53. The average Bonchev–Trinajstić information content (AvgIpc) is 1.32. The van der Waals surface area contributed by atoms with Crippen molar-refractivity contribution in [2.45, 2.75) is 219 Å². The highest BCUT2D eigenvalue weighted by Crippen LogP contribution is 2.65. The number of nitrogens with zero attached hydrogens (tertiary/aromatic N) is 3. The van der Waals surface area contributed by atoms with E-state index in [9.17, 15) is 0 Å². The van der Waals surface area contributed by atoms with Crippen molar-refractivity contribution in [3.63, 3.8) is 0 Å². The number of rotatable bonds is 5. The Bertz CT molecular complexity index is 4060. The molecule has 4 heteroatoms. The Kier molecular flexibility index (Phi) is 13.2. The van der Waals surface area contributed by atoms with Crippen molar-refractivity contribution in [3.05, 3.63) is 213 Å². The van der Waals surface area contributed by atoms with E-state index in [4.69, 9.17) is 0 Å². The van der Waals surface area contributed by atoms with Gasteiger partial charge in [-0.3, -0.25) is 0 Å². The van der Waals surface area contributed by atoms with Crippen LogP contribution in [0.15, 0.2) is 157 Å². The molecule has 3 heterocycles. The summed E-state index contributed by atoms with van der Waals surface area (Å²) in [4.78, 5) is 8.31. The van der Waals surface area contributed by atoms with E-state index in [0.29, 0.717) is 5.92 Å². The van der Waals surface area contributed by atoms with Crippen LogP contribution in [0.2, 0.25) is 0 Å². The summed E-state index contributed by atoms with van der Waals surface area (Å²) in [5, 5.41) is 0. The van der Waals surface area contributed by atoms with Crippen molar-refractivity contribution in [3.8, 4) is 0 Å². The molecule has 0 bridgehead atoms. The molecule has 3 atom stereocenters. The van der Waals surface area contributed by atoms with Gasteiger partial charge in [-0.05, 0) is 216 Å². The molecule has 1 fully saturated rings. The first-order valence-corrected chi connectivity index (χ1v) is 32.6. The van der Waals surface area contributed by atoms with Crippen molar-refractivity contribution < 1.29 is 0 Å². The molecule has 7 aromatic rings. The predicted molar refractivity (Wildman–Crippen MR) is 371 cm³/mol. The monoisotopic (exact) mass is 1130 g/mol. The van der Waals surface area contributed by atoms with E-state index in [0.717, 1.165) is 24.8 Å². The molecule has 0 saturated heterocycles. The summed E-state index contributed by atoms with van der Waals surface area (Å²) >= 11 is 0. The number of fused-ring (bicyclic) bond motifs is 8. The van der Waals surface area contributed by atoms with Gasteiger partial charge in [0, 0.05) is 50.8 Å². The summed E-state index contributed by atoms with van der Waals surface area (Å²) in [5.74, 6) is 0.420. The molecule has 0 radical (unpaired) electrons. The molecule has 0 amide bonds. The van der Waals surface area contributed by atoms with Crippen molar-refractivity contribution in [2.24, 2.45) is 0 Å². The third-order valence-corrected chi connectivity index (χ3v) is 21.6. The minimum absolute atomic E-state index is 0.00145. The zero-order valence-corrected chi connectivity index (χ0v) is 55.6. The van der Waals surface area contributed by atoms with E-state index >= 15 is 0 Å². The van der Waals surface area contributed by atoms with Crippen molar-refractivity contribution in [1.82, 2.24) is 0 Å². The minimum Gasteiger partial charge on any atom is -0.334 e. The summed E-state index contributed by atoms with van der Waals surface area (Å²) in [7, 11) is 0. The predicted octanol–water partition coefficient (Wildman–Crippen LogP) is 20.5. The van der Waals surface area contributed by atoms with Crippen LogP contribution in [-0.2, 0) is 37.9 Å². The Morgan fingerprint density at radius 2 is 1.00 bits per heavy atom. The van der Waals surface area contributed by atoms with Crippen LogP contribution in [-0.4, -0.2) is 12.3 Å². The zero-order chi connectivity index (χ0) is 61.2. The van der Waals surface area contributed by atoms with Gasteiger partial charge in [-0.1, -0.05) is 222 Å². The van der Waals surface area contributed by atoms with Crippen LogP contribution in [0.5, 0.6) is 0 Å². The second-order valence-electron chi connectivity index (χ2n) is 32.9. The average molecular weight is 1130 g/mol. The van der Waals surface area contributed by atoms with Crippen LogP contribution >= 0.6 is 0 Å². The second-order valence-corrected chi connectivity index (χ2v) is 32.9. The summed E-state index contributed by atoms with van der Waals surface area (Å²) in [6, 6.07) is 52.8. The van der Waals surface area contributed by atoms with Crippen molar-refractivity contribution in [1.29, 1.82) is 0 Å². The molecule has 3 nitrogen and oxygen atoms in total. The first-order chi connectivity index (χ1) is 40.3. The Morgan fingerprint density at radius 3 is 1.60 bits per heavy atom. The van der Waals surface area contributed by atoms with E-state index < -0.39 is 0 Å².